The summed E-state index contributed by atoms with van der Waals surface area (Å²) in [6.45, 7) is 3.43. The maximum Gasteiger partial charge on any atom is 0.312 e. The van der Waals surface area contributed by atoms with Gasteiger partial charge in [0.2, 0.25) is 0 Å². The van der Waals surface area contributed by atoms with Crippen LogP contribution >= 0.6 is 0 Å². The summed E-state index contributed by atoms with van der Waals surface area (Å²) < 4.78 is 17.9. The van der Waals surface area contributed by atoms with Crippen LogP contribution in [0.4, 0.5) is 4.39 Å². The van der Waals surface area contributed by atoms with Crippen molar-refractivity contribution in [1.29, 1.82) is 0 Å². The highest BCUT2D eigenvalue weighted by Gasteiger charge is 2.18. The van der Waals surface area contributed by atoms with Gasteiger partial charge in [0.1, 0.15) is 5.82 Å². The molecule has 1 atom stereocenters. The Kier molecular flexibility index (Phi) is 3.23. The molecular weight excluding hydrogens is 183 g/mol. The molecular formula is C11H13FO2. The van der Waals surface area contributed by atoms with E-state index in [0.29, 0.717) is 5.56 Å². The molecule has 0 saturated carbocycles. The molecule has 0 N–H and O–H groups in total. The maximum atomic E-state index is 13.4. The molecule has 0 amide bonds. The van der Waals surface area contributed by atoms with E-state index in [0.717, 1.165) is 5.56 Å². The van der Waals surface area contributed by atoms with E-state index in [2.05, 4.69) is 4.74 Å². The second kappa shape index (κ2) is 4.22. The molecule has 76 valence electrons. The highest BCUT2D eigenvalue weighted by atomic mass is 19.1. The first-order valence-electron chi connectivity index (χ1n) is 4.40. The van der Waals surface area contributed by atoms with Crippen LogP contribution in [0.3, 0.4) is 0 Å². The summed E-state index contributed by atoms with van der Waals surface area (Å²) in [6, 6.07) is 4.80. The van der Waals surface area contributed by atoms with Crippen molar-refractivity contribution in [2.45, 2.75) is 19.8 Å². The van der Waals surface area contributed by atoms with E-state index in [9.17, 15) is 9.18 Å². The molecule has 1 rings (SSSR count). The fourth-order valence-electron chi connectivity index (χ4n) is 1.29. The molecule has 14 heavy (non-hydrogen) atoms. The number of benzene rings is 1. The van der Waals surface area contributed by atoms with Crippen molar-refractivity contribution in [2.75, 3.05) is 7.11 Å². The Labute approximate surface area is 82.7 Å². The summed E-state index contributed by atoms with van der Waals surface area (Å²) in [6.07, 6.45) is 0. The summed E-state index contributed by atoms with van der Waals surface area (Å²) in [7, 11) is 1.30. The summed E-state index contributed by atoms with van der Waals surface area (Å²) in [5.41, 5.74) is 1.21. The Morgan fingerprint density at radius 3 is 2.64 bits per heavy atom. The van der Waals surface area contributed by atoms with Gasteiger partial charge in [-0.2, -0.15) is 0 Å². The highest BCUT2D eigenvalue weighted by Crippen LogP contribution is 2.20. The minimum atomic E-state index is -0.555. The first-order valence-corrected chi connectivity index (χ1v) is 4.40. The lowest BCUT2D eigenvalue weighted by Crippen LogP contribution is -2.12. The predicted octanol–water partition coefficient (Wildman–Crippen LogP) is 2.41. The van der Waals surface area contributed by atoms with Gasteiger partial charge in [0, 0.05) is 5.56 Å². The lowest BCUT2D eigenvalue weighted by atomic mass is 9.99. The fraction of sp³-hybridized carbons (Fsp3) is 0.364. The quantitative estimate of drug-likeness (QED) is 0.679. The van der Waals surface area contributed by atoms with Crippen LogP contribution in [0.2, 0.25) is 0 Å². The van der Waals surface area contributed by atoms with Crippen LogP contribution in [-0.4, -0.2) is 13.1 Å². The van der Waals surface area contributed by atoms with Crippen molar-refractivity contribution < 1.29 is 13.9 Å². The molecule has 2 nitrogen and oxygen atoms in total. The number of rotatable bonds is 2. The Hall–Kier alpha value is -1.38. The molecule has 3 heteroatoms. The summed E-state index contributed by atoms with van der Waals surface area (Å²) in [5, 5.41) is 0. The van der Waals surface area contributed by atoms with E-state index >= 15 is 0 Å². The number of carbonyl (C=O) groups is 1. The number of carbonyl (C=O) groups excluding carboxylic acids is 1. The number of ether oxygens (including phenoxy) is 1. The summed E-state index contributed by atoms with van der Waals surface area (Å²) in [5.74, 6) is -1.34. The molecule has 0 fully saturated rings. The molecule has 0 saturated heterocycles. The average Bonchev–Trinajstić information content (AvgIpc) is 2.15. The Bertz CT molecular complexity index is 347. The van der Waals surface area contributed by atoms with Crippen molar-refractivity contribution in [2.24, 2.45) is 0 Å². The van der Waals surface area contributed by atoms with Gasteiger partial charge in [-0.1, -0.05) is 12.1 Å². The van der Waals surface area contributed by atoms with Crippen LogP contribution in [-0.2, 0) is 9.53 Å². The Balaban J connectivity index is 3.01. The van der Waals surface area contributed by atoms with E-state index in [1.165, 1.54) is 13.2 Å². The topological polar surface area (TPSA) is 26.3 Å². The van der Waals surface area contributed by atoms with E-state index in [1.807, 2.05) is 0 Å². The van der Waals surface area contributed by atoms with Crippen molar-refractivity contribution in [3.63, 3.8) is 0 Å². The van der Waals surface area contributed by atoms with Crippen molar-refractivity contribution in [3.8, 4) is 0 Å². The molecule has 1 aromatic rings. The lowest BCUT2D eigenvalue weighted by Gasteiger charge is -2.10. The monoisotopic (exact) mass is 196 g/mol. The first kappa shape index (κ1) is 10.7. The van der Waals surface area contributed by atoms with Crippen LogP contribution in [0.15, 0.2) is 18.2 Å². The summed E-state index contributed by atoms with van der Waals surface area (Å²) >= 11 is 0. The third kappa shape index (κ3) is 2.10. The maximum absolute atomic E-state index is 13.4. The number of methoxy groups -OCH3 is 1. The van der Waals surface area contributed by atoms with Crippen LogP contribution in [0.5, 0.6) is 0 Å². The van der Waals surface area contributed by atoms with E-state index < -0.39 is 11.9 Å². The van der Waals surface area contributed by atoms with Gasteiger partial charge in [-0.15, -0.1) is 0 Å². The van der Waals surface area contributed by atoms with E-state index in [4.69, 9.17) is 0 Å². The number of esters is 1. The van der Waals surface area contributed by atoms with Gasteiger partial charge in [0.15, 0.2) is 0 Å². The van der Waals surface area contributed by atoms with Crippen LogP contribution in [0.25, 0.3) is 0 Å². The lowest BCUT2D eigenvalue weighted by molar-refractivity contribution is -0.142. The molecule has 1 aromatic carbocycles. The third-order valence-corrected chi connectivity index (χ3v) is 2.18. The minimum absolute atomic E-state index is 0.358. The largest absolute Gasteiger partial charge is 0.469 e. The van der Waals surface area contributed by atoms with Gasteiger partial charge in [-0.05, 0) is 25.5 Å². The smallest absolute Gasteiger partial charge is 0.312 e. The number of hydrogen-bond acceptors (Lipinski definition) is 2. The van der Waals surface area contributed by atoms with Gasteiger partial charge >= 0.3 is 5.97 Å². The Morgan fingerprint density at radius 1 is 1.50 bits per heavy atom. The summed E-state index contributed by atoms with van der Waals surface area (Å²) in [4.78, 5) is 11.2. The average molecular weight is 196 g/mol. The molecule has 0 spiro atoms. The number of aryl methyl sites for hydroxylation is 1. The molecule has 0 aliphatic rings. The molecule has 0 aromatic heterocycles. The number of hydrogen-bond donors (Lipinski definition) is 0. The first-order chi connectivity index (χ1) is 6.56. The van der Waals surface area contributed by atoms with Gasteiger partial charge in [-0.25, -0.2) is 4.39 Å². The number of halogens is 1. The minimum Gasteiger partial charge on any atom is -0.469 e. The zero-order valence-corrected chi connectivity index (χ0v) is 8.50. The zero-order valence-electron chi connectivity index (χ0n) is 8.50. The third-order valence-electron chi connectivity index (χ3n) is 2.18. The van der Waals surface area contributed by atoms with Crippen molar-refractivity contribution in [1.82, 2.24) is 0 Å². The SMILES string of the molecule is COC(=O)[C@H](C)c1ccc(C)cc1F. The molecule has 0 unspecified atom stereocenters. The van der Waals surface area contributed by atoms with Crippen LogP contribution in [0.1, 0.15) is 24.0 Å². The van der Waals surface area contributed by atoms with Gasteiger partial charge in [0.05, 0.1) is 13.0 Å². The molecule has 0 heterocycles. The molecule has 0 aliphatic carbocycles. The molecule has 0 bridgehead atoms. The van der Waals surface area contributed by atoms with Crippen molar-refractivity contribution in [3.05, 3.63) is 35.1 Å². The standard InChI is InChI=1S/C11H13FO2/c1-7-4-5-9(10(12)6-7)8(2)11(13)14-3/h4-6,8H,1-3H3/t8-/m1/s1. The Morgan fingerprint density at radius 2 is 2.14 bits per heavy atom. The molecule has 0 radical (unpaired) electrons. The van der Waals surface area contributed by atoms with Gasteiger partial charge < -0.3 is 4.74 Å². The van der Waals surface area contributed by atoms with Gasteiger partial charge in [-0.3, -0.25) is 4.79 Å². The van der Waals surface area contributed by atoms with Crippen LogP contribution < -0.4 is 0 Å². The molecule has 0 aliphatic heterocycles. The fourth-order valence-corrected chi connectivity index (χ4v) is 1.29. The van der Waals surface area contributed by atoms with Crippen LogP contribution in [0, 0.1) is 12.7 Å². The second-order valence-electron chi connectivity index (χ2n) is 3.27. The zero-order chi connectivity index (χ0) is 10.7. The van der Waals surface area contributed by atoms with E-state index in [-0.39, 0.29) is 5.82 Å². The van der Waals surface area contributed by atoms with E-state index in [1.54, 1.807) is 26.0 Å². The predicted molar refractivity (Wildman–Crippen MR) is 51.6 cm³/mol. The van der Waals surface area contributed by atoms with Gasteiger partial charge in [0.25, 0.3) is 0 Å². The second-order valence-corrected chi connectivity index (χ2v) is 3.27. The van der Waals surface area contributed by atoms with Crippen molar-refractivity contribution >= 4 is 5.97 Å². The normalized spacial score (nSPS) is 12.3. The highest BCUT2D eigenvalue weighted by molar-refractivity contribution is 5.77.